The molecule has 1 rings (SSSR count). The Balaban J connectivity index is 3.62. The zero-order valence-electron chi connectivity index (χ0n) is 8.96. The van der Waals surface area contributed by atoms with Gasteiger partial charge in [0.25, 0.3) is 0 Å². The van der Waals surface area contributed by atoms with E-state index in [-0.39, 0.29) is 0 Å². The molecule has 1 N–H and O–H groups in total. The van der Waals surface area contributed by atoms with Gasteiger partial charge in [-0.2, -0.15) is 8.78 Å². The molecule has 106 valence electrons. The first-order valence-corrected chi connectivity index (χ1v) is 5.73. The van der Waals surface area contributed by atoms with Gasteiger partial charge in [0.1, 0.15) is 15.0 Å². The van der Waals surface area contributed by atoms with E-state index in [1.165, 1.54) is 0 Å². The minimum atomic E-state index is -5.80. The van der Waals surface area contributed by atoms with E-state index in [2.05, 4.69) is 4.74 Å². The molecule has 0 fully saturated rings. The highest BCUT2D eigenvalue weighted by Gasteiger charge is 2.30. The fraction of sp³-hybridized carbons (Fsp3) is 0.125. The zero-order valence-corrected chi connectivity index (χ0v) is 9.78. The number of hydrogen-bond donors (Lipinski definition) is 1. The van der Waals surface area contributed by atoms with Crippen molar-refractivity contribution < 1.29 is 40.1 Å². The Bertz CT molecular complexity index is 616. The number of carbonyl (C=O) groups excluding carboxylic acids is 1. The lowest BCUT2D eigenvalue weighted by Gasteiger charge is -2.13. The SMILES string of the molecule is CNC(=O)Oc1c(F)c(F)c(S(=O)(=O)[O-])c(F)c1F. The van der Waals surface area contributed by atoms with Crippen LogP contribution in [0.5, 0.6) is 5.75 Å². The predicted molar refractivity (Wildman–Crippen MR) is 49.3 cm³/mol. The Kier molecular flexibility index (Phi) is 4.00. The van der Waals surface area contributed by atoms with Crippen molar-refractivity contribution in [2.45, 2.75) is 4.90 Å². The Morgan fingerprint density at radius 1 is 1.11 bits per heavy atom. The lowest BCUT2D eigenvalue weighted by molar-refractivity contribution is 0.196. The topological polar surface area (TPSA) is 95.5 Å². The first-order valence-electron chi connectivity index (χ1n) is 4.32. The van der Waals surface area contributed by atoms with Crippen LogP contribution < -0.4 is 10.1 Å². The third kappa shape index (κ3) is 2.76. The average Bonchev–Trinajstić information content (AvgIpc) is 2.30. The molecular formula is C8H4F4NO5S-. The second-order valence-electron chi connectivity index (χ2n) is 3.01. The molecule has 0 aliphatic heterocycles. The highest BCUT2D eigenvalue weighted by atomic mass is 32.2. The van der Waals surface area contributed by atoms with E-state index in [9.17, 15) is 35.3 Å². The lowest BCUT2D eigenvalue weighted by Crippen LogP contribution is -2.24. The fourth-order valence-corrected chi connectivity index (χ4v) is 1.66. The number of nitrogens with one attached hydrogen (secondary N) is 1. The first kappa shape index (κ1) is 15.2. The highest BCUT2D eigenvalue weighted by Crippen LogP contribution is 2.32. The molecule has 0 saturated heterocycles. The Morgan fingerprint density at radius 3 is 1.84 bits per heavy atom. The van der Waals surface area contributed by atoms with Gasteiger partial charge in [-0.1, -0.05) is 0 Å². The lowest BCUT2D eigenvalue weighted by atomic mass is 10.3. The van der Waals surface area contributed by atoms with Crippen LogP contribution in [0, 0.1) is 23.3 Å². The average molecular weight is 302 g/mol. The Morgan fingerprint density at radius 2 is 1.53 bits per heavy atom. The summed E-state index contributed by atoms with van der Waals surface area (Å²) in [4.78, 5) is 8.37. The molecule has 0 heterocycles. The number of benzene rings is 1. The van der Waals surface area contributed by atoms with Crippen molar-refractivity contribution in [1.29, 1.82) is 0 Å². The molecule has 1 amide bonds. The molecule has 0 radical (unpaired) electrons. The van der Waals surface area contributed by atoms with Gasteiger partial charge in [-0.05, 0) is 0 Å². The maximum atomic E-state index is 13.2. The van der Waals surface area contributed by atoms with Gasteiger partial charge in [-0.15, -0.1) is 0 Å². The normalized spacial score (nSPS) is 11.3. The summed E-state index contributed by atoms with van der Waals surface area (Å²) in [5.74, 6) is -11.4. The molecule has 19 heavy (non-hydrogen) atoms. The molecule has 11 heteroatoms. The van der Waals surface area contributed by atoms with Crippen LogP contribution in [0.25, 0.3) is 0 Å². The number of hydrogen-bond acceptors (Lipinski definition) is 5. The molecular weight excluding hydrogens is 298 g/mol. The predicted octanol–water partition coefficient (Wildman–Crippen LogP) is 0.865. The van der Waals surface area contributed by atoms with Gasteiger partial charge in [0.15, 0.2) is 11.6 Å². The van der Waals surface area contributed by atoms with Gasteiger partial charge in [0, 0.05) is 7.05 Å². The van der Waals surface area contributed by atoms with E-state index >= 15 is 0 Å². The van der Waals surface area contributed by atoms with E-state index in [1.807, 2.05) is 0 Å². The summed E-state index contributed by atoms with van der Waals surface area (Å²) in [6.45, 7) is 0. The summed E-state index contributed by atoms with van der Waals surface area (Å²) in [7, 11) is -4.81. The molecule has 0 spiro atoms. The molecule has 0 unspecified atom stereocenters. The highest BCUT2D eigenvalue weighted by molar-refractivity contribution is 7.85. The van der Waals surface area contributed by atoms with Gasteiger partial charge in [0.2, 0.25) is 17.4 Å². The summed E-state index contributed by atoms with van der Waals surface area (Å²) in [5.41, 5.74) is 0. The van der Waals surface area contributed by atoms with Crippen molar-refractivity contribution in [2.75, 3.05) is 7.05 Å². The van der Waals surface area contributed by atoms with E-state index in [0.717, 1.165) is 7.05 Å². The van der Waals surface area contributed by atoms with Gasteiger partial charge in [0.05, 0.1) is 0 Å². The quantitative estimate of drug-likeness (QED) is 0.497. The van der Waals surface area contributed by atoms with Crippen molar-refractivity contribution in [2.24, 2.45) is 0 Å². The number of amides is 1. The molecule has 6 nitrogen and oxygen atoms in total. The molecule has 0 aromatic heterocycles. The molecule has 0 aliphatic rings. The van der Waals surface area contributed by atoms with Crippen LogP contribution in [-0.2, 0) is 10.1 Å². The van der Waals surface area contributed by atoms with E-state index in [4.69, 9.17) is 0 Å². The van der Waals surface area contributed by atoms with Crippen LogP contribution in [-0.4, -0.2) is 26.1 Å². The fourth-order valence-electron chi connectivity index (χ4n) is 1.04. The maximum Gasteiger partial charge on any atom is 0.412 e. The number of halogens is 4. The summed E-state index contributed by atoms with van der Waals surface area (Å²) in [6, 6.07) is 0. The van der Waals surface area contributed by atoms with Gasteiger partial charge >= 0.3 is 6.09 Å². The van der Waals surface area contributed by atoms with E-state index < -0.39 is 50.1 Å². The second kappa shape index (κ2) is 5.01. The van der Waals surface area contributed by atoms with Crippen molar-refractivity contribution in [3.8, 4) is 5.75 Å². The van der Waals surface area contributed by atoms with Crippen LogP contribution in [0.15, 0.2) is 4.90 Å². The molecule has 0 atom stereocenters. The second-order valence-corrected chi connectivity index (χ2v) is 4.32. The van der Waals surface area contributed by atoms with Crippen LogP contribution >= 0.6 is 0 Å². The standard InChI is InChI=1S/C8H5F4NO5S/c1-13-8(14)18-6-2(9)4(11)7(19(15,16)17)5(12)3(6)10/h1H3,(H,13,14)(H,15,16,17)/p-1. The molecule has 0 aliphatic carbocycles. The van der Waals surface area contributed by atoms with E-state index in [0.29, 0.717) is 0 Å². The van der Waals surface area contributed by atoms with Crippen LogP contribution in [0.1, 0.15) is 0 Å². The third-order valence-electron chi connectivity index (χ3n) is 1.83. The number of ether oxygens (including phenoxy) is 1. The van der Waals surface area contributed by atoms with Crippen molar-refractivity contribution >= 4 is 16.2 Å². The van der Waals surface area contributed by atoms with Crippen molar-refractivity contribution in [1.82, 2.24) is 5.32 Å². The summed E-state index contributed by atoms with van der Waals surface area (Å²) >= 11 is 0. The van der Waals surface area contributed by atoms with Crippen LogP contribution in [0.2, 0.25) is 0 Å². The summed E-state index contributed by atoms with van der Waals surface area (Å²) in [6.07, 6.45) is -1.46. The van der Waals surface area contributed by atoms with Gasteiger partial charge < -0.3 is 14.6 Å². The summed E-state index contributed by atoms with van der Waals surface area (Å²) in [5, 5.41) is 1.73. The molecule has 1 aromatic rings. The molecule has 1 aromatic carbocycles. The molecule has 0 saturated carbocycles. The van der Waals surface area contributed by atoms with Crippen LogP contribution in [0.4, 0.5) is 22.4 Å². The van der Waals surface area contributed by atoms with Crippen LogP contribution in [0.3, 0.4) is 0 Å². The smallest absolute Gasteiger partial charge is 0.412 e. The number of carbonyl (C=O) groups is 1. The monoisotopic (exact) mass is 302 g/mol. The van der Waals surface area contributed by atoms with E-state index in [1.54, 1.807) is 5.32 Å². The summed E-state index contributed by atoms with van der Waals surface area (Å²) < 4.78 is 88.2. The van der Waals surface area contributed by atoms with Gasteiger partial charge in [-0.25, -0.2) is 22.0 Å². The Labute approximate surface area is 103 Å². The third-order valence-corrected chi connectivity index (χ3v) is 2.69. The minimum absolute atomic E-state index is 0.987. The Hall–Kier alpha value is -1.88. The van der Waals surface area contributed by atoms with Gasteiger partial charge in [-0.3, -0.25) is 0 Å². The first-order chi connectivity index (χ1) is 8.61. The van der Waals surface area contributed by atoms with Crippen molar-refractivity contribution in [3.05, 3.63) is 23.3 Å². The minimum Gasteiger partial charge on any atom is -0.744 e. The van der Waals surface area contributed by atoms with Crippen molar-refractivity contribution in [3.63, 3.8) is 0 Å². The largest absolute Gasteiger partial charge is 0.744 e. The maximum absolute atomic E-state index is 13.2. The zero-order chi connectivity index (χ0) is 15.0. The molecule has 0 bridgehead atoms. The number of rotatable bonds is 2.